The Morgan fingerprint density at radius 1 is 1.64 bits per heavy atom. The second-order valence-corrected chi connectivity index (χ2v) is 3.47. The molecule has 0 spiro atoms. The third kappa shape index (κ3) is 2.92. The molecule has 0 heterocycles. The van der Waals surface area contributed by atoms with Crippen molar-refractivity contribution in [1.82, 2.24) is 5.43 Å². The fourth-order valence-electron chi connectivity index (χ4n) is 0.925. The van der Waals surface area contributed by atoms with Gasteiger partial charge in [-0.25, -0.2) is 0 Å². The van der Waals surface area contributed by atoms with Gasteiger partial charge in [-0.1, -0.05) is 20.8 Å². The lowest BCUT2D eigenvalue weighted by Crippen LogP contribution is -2.45. The van der Waals surface area contributed by atoms with Gasteiger partial charge in [0.1, 0.15) is 0 Å². The molecule has 0 radical (unpaired) electrons. The van der Waals surface area contributed by atoms with Crippen LogP contribution in [-0.2, 0) is 0 Å². The van der Waals surface area contributed by atoms with Gasteiger partial charge >= 0.3 is 0 Å². The Kier molecular flexibility index (Phi) is 4.17. The summed E-state index contributed by atoms with van der Waals surface area (Å²) < 4.78 is 0. The number of nitrogens with one attached hydrogen (secondary N) is 1. The maximum absolute atomic E-state index is 5.37. The molecule has 0 bridgehead atoms. The van der Waals surface area contributed by atoms with Crippen molar-refractivity contribution < 1.29 is 0 Å². The summed E-state index contributed by atoms with van der Waals surface area (Å²) in [4.78, 5) is 0. The number of hydrogen-bond donors (Lipinski definition) is 2. The first-order chi connectivity index (χ1) is 5.08. The summed E-state index contributed by atoms with van der Waals surface area (Å²) in [6.07, 6.45) is 6.98. The van der Waals surface area contributed by atoms with E-state index in [1.165, 1.54) is 0 Å². The standard InChI is InChI=1S/C9H18N2/c1-5-7-8(11-10)9(3,4)6-2/h1,8,11H,6-7,10H2,2-4H3. The maximum Gasteiger partial charge on any atom is 0.0370 e. The monoisotopic (exact) mass is 154 g/mol. The van der Waals surface area contributed by atoms with E-state index in [9.17, 15) is 0 Å². The van der Waals surface area contributed by atoms with Crippen molar-refractivity contribution in [1.29, 1.82) is 0 Å². The Morgan fingerprint density at radius 2 is 2.18 bits per heavy atom. The summed E-state index contributed by atoms with van der Waals surface area (Å²) >= 11 is 0. The maximum atomic E-state index is 5.37. The summed E-state index contributed by atoms with van der Waals surface area (Å²) in [7, 11) is 0. The highest BCUT2D eigenvalue weighted by Crippen LogP contribution is 2.25. The molecule has 0 aliphatic rings. The van der Waals surface area contributed by atoms with Crippen molar-refractivity contribution in [3.05, 3.63) is 0 Å². The molecule has 3 N–H and O–H groups in total. The van der Waals surface area contributed by atoms with Crippen LogP contribution in [0.2, 0.25) is 0 Å². The minimum absolute atomic E-state index is 0.182. The molecular weight excluding hydrogens is 136 g/mol. The van der Waals surface area contributed by atoms with Crippen molar-refractivity contribution in [2.24, 2.45) is 11.3 Å². The topological polar surface area (TPSA) is 38.0 Å². The van der Waals surface area contributed by atoms with Crippen LogP contribution >= 0.6 is 0 Å². The van der Waals surface area contributed by atoms with Gasteiger partial charge in [-0.3, -0.25) is 11.3 Å². The summed E-state index contributed by atoms with van der Waals surface area (Å²) in [6, 6.07) is 0.220. The molecule has 64 valence electrons. The average Bonchev–Trinajstić information content (AvgIpc) is 2.00. The first-order valence-corrected chi connectivity index (χ1v) is 3.98. The van der Waals surface area contributed by atoms with Gasteiger partial charge in [0.2, 0.25) is 0 Å². The van der Waals surface area contributed by atoms with Crippen LogP contribution in [0.25, 0.3) is 0 Å². The van der Waals surface area contributed by atoms with Gasteiger partial charge in [-0.05, 0) is 11.8 Å². The molecule has 0 amide bonds. The second kappa shape index (κ2) is 4.38. The third-order valence-corrected chi connectivity index (χ3v) is 2.38. The molecule has 2 heteroatoms. The normalized spacial score (nSPS) is 14.1. The molecule has 0 saturated heterocycles. The molecule has 0 rings (SSSR count). The number of rotatable bonds is 4. The summed E-state index contributed by atoms with van der Waals surface area (Å²) in [6.45, 7) is 6.46. The highest BCUT2D eigenvalue weighted by atomic mass is 15.2. The lowest BCUT2D eigenvalue weighted by molar-refractivity contribution is 0.236. The van der Waals surface area contributed by atoms with Crippen LogP contribution in [0.15, 0.2) is 0 Å². The fourth-order valence-corrected chi connectivity index (χ4v) is 0.925. The predicted molar refractivity (Wildman–Crippen MR) is 48.6 cm³/mol. The molecule has 0 aromatic rings. The van der Waals surface area contributed by atoms with Crippen molar-refractivity contribution in [2.45, 2.75) is 39.7 Å². The van der Waals surface area contributed by atoms with Gasteiger partial charge in [0.15, 0.2) is 0 Å². The van der Waals surface area contributed by atoms with E-state index in [0.717, 1.165) is 6.42 Å². The van der Waals surface area contributed by atoms with Gasteiger partial charge < -0.3 is 0 Å². The highest BCUT2D eigenvalue weighted by Gasteiger charge is 2.25. The molecular formula is C9H18N2. The van der Waals surface area contributed by atoms with Gasteiger partial charge in [0.25, 0.3) is 0 Å². The molecule has 0 aromatic carbocycles. The summed E-state index contributed by atoms with van der Waals surface area (Å²) in [5.74, 6) is 7.99. The smallest absolute Gasteiger partial charge is 0.0370 e. The van der Waals surface area contributed by atoms with Crippen LogP contribution in [0.3, 0.4) is 0 Å². The fraction of sp³-hybridized carbons (Fsp3) is 0.778. The molecule has 0 aliphatic heterocycles. The van der Waals surface area contributed by atoms with Crippen LogP contribution < -0.4 is 11.3 Å². The van der Waals surface area contributed by atoms with E-state index in [-0.39, 0.29) is 11.5 Å². The lowest BCUT2D eigenvalue weighted by atomic mass is 9.81. The quantitative estimate of drug-likeness (QED) is 0.363. The Bertz CT molecular complexity index is 144. The average molecular weight is 154 g/mol. The Hall–Kier alpha value is -0.520. The Labute approximate surface area is 69.5 Å². The number of nitrogens with two attached hydrogens (primary N) is 1. The third-order valence-electron chi connectivity index (χ3n) is 2.38. The molecule has 2 nitrogen and oxygen atoms in total. The van der Waals surface area contributed by atoms with Crippen LogP contribution in [0.1, 0.15) is 33.6 Å². The van der Waals surface area contributed by atoms with Crippen molar-refractivity contribution in [3.8, 4) is 12.3 Å². The Morgan fingerprint density at radius 3 is 2.45 bits per heavy atom. The van der Waals surface area contributed by atoms with E-state index < -0.39 is 0 Å². The van der Waals surface area contributed by atoms with Crippen LogP contribution in [0.4, 0.5) is 0 Å². The van der Waals surface area contributed by atoms with E-state index >= 15 is 0 Å². The summed E-state index contributed by atoms with van der Waals surface area (Å²) in [5.41, 5.74) is 2.93. The van der Waals surface area contributed by atoms with Crippen molar-refractivity contribution >= 4 is 0 Å². The number of hydrazine groups is 1. The second-order valence-electron chi connectivity index (χ2n) is 3.47. The van der Waals surface area contributed by atoms with Crippen molar-refractivity contribution in [2.75, 3.05) is 0 Å². The van der Waals surface area contributed by atoms with E-state index in [2.05, 4.69) is 32.1 Å². The zero-order chi connectivity index (χ0) is 8.91. The van der Waals surface area contributed by atoms with Crippen LogP contribution in [0.5, 0.6) is 0 Å². The molecule has 1 unspecified atom stereocenters. The van der Waals surface area contributed by atoms with Gasteiger partial charge in [0, 0.05) is 12.5 Å². The molecule has 0 saturated carbocycles. The highest BCUT2D eigenvalue weighted by molar-refractivity contribution is 4.94. The van der Waals surface area contributed by atoms with E-state index in [1.807, 2.05) is 0 Å². The molecule has 0 aliphatic carbocycles. The zero-order valence-electron chi connectivity index (χ0n) is 7.65. The minimum Gasteiger partial charge on any atom is -0.271 e. The first-order valence-electron chi connectivity index (χ1n) is 3.98. The molecule has 0 fully saturated rings. The zero-order valence-corrected chi connectivity index (χ0v) is 7.65. The summed E-state index contributed by atoms with van der Waals surface area (Å²) in [5, 5.41) is 0. The van der Waals surface area contributed by atoms with Gasteiger partial charge in [-0.2, -0.15) is 0 Å². The van der Waals surface area contributed by atoms with Crippen LogP contribution in [0, 0.1) is 17.8 Å². The van der Waals surface area contributed by atoms with E-state index in [4.69, 9.17) is 12.3 Å². The SMILES string of the molecule is C#CCC(NN)C(C)(C)CC. The predicted octanol–water partition coefficient (Wildman–Crippen LogP) is 1.28. The van der Waals surface area contributed by atoms with Gasteiger partial charge in [0.05, 0.1) is 0 Å². The van der Waals surface area contributed by atoms with E-state index in [0.29, 0.717) is 6.42 Å². The molecule has 0 aromatic heterocycles. The number of terminal acetylenes is 1. The largest absolute Gasteiger partial charge is 0.271 e. The number of hydrogen-bond acceptors (Lipinski definition) is 2. The van der Waals surface area contributed by atoms with Crippen molar-refractivity contribution in [3.63, 3.8) is 0 Å². The van der Waals surface area contributed by atoms with Crippen LogP contribution in [-0.4, -0.2) is 6.04 Å². The minimum atomic E-state index is 0.182. The van der Waals surface area contributed by atoms with E-state index in [1.54, 1.807) is 0 Å². The Balaban J connectivity index is 4.13. The lowest BCUT2D eigenvalue weighted by Gasteiger charge is -2.31. The van der Waals surface area contributed by atoms with Gasteiger partial charge in [-0.15, -0.1) is 12.3 Å². The molecule has 11 heavy (non-hydrogen) atoms. The molecule has 1 atom stereocenters. The first kappa shape index (κ1) is 10.5.